The zero-order valence-electron chi connectivity index (χ0n) is 18.9. The minimum absolute atomic E-state index is 0.00992. The number of fused-ring (bicyclic) bond motifs is 1. The summed E-state index contributed by atoms with van der Waals surface area (Å²) in [5.74, 6) is -0.00392. The molecule has 4 rings (SSSR count). The van der Waals surface area contributed by atoms with Crippen LogP contribution in [0.1, 0.15) is 35.8 Å². The van der Waals surface area contributed by atoms with E-state index in [1.165, 1.54) is 49.8 Å². The van der Waals surface area contributed by atoms with Gasteiger partial charge in [0.1, 0.15) is 28.4 Å². The number of ketones is 1. The lowest BCUT2D eigenvalue weighted by Gasteiger charge is -2.14. The van der Waals surface area contributed by atoms with Gasteiger partial charge in [-0.15, -0.1) is 0 Å². The number of nitrogens with one attached hydrogen (secondary N) is 1. The van der Waals surface area contributed by atoms with Gasteiger partial charge in [0.05, 0.1) is 28.8 Å². The van der Waals surface area contributed by atoms with Crippen LogP contribution in [-0.2, 0) is 10.0 Å². The molecule has 2 aromatic heterocycles. The van der Waals surface area contributed by atoms with Gasteiger partial charge in [0.25, 0.3) is 10.0 Å². The van der Waals surface area contributed by atoms with Crippen LogP contribution in [-0.4, -0.2) is 35.8 Å². The zero-order valence-corrected chi connectivity index (χ0v) is 21.2. The molecule has 0 unspecified atom stereocenters. The van der Waals surface area contributed by atoms with Crippen molar-refractivity contribution in [2.24, 2.45) is 0 Å². The van der Waals surface area contributed by atoms with Crippen molar-refractivity contribution < 1.29 is 17.9 Å². The first-order chi connectivity index (χ1) is 16.5. The maximum Gasteiger partial charge on any atom is 0.263 e. The van der Waals surface area contributed by atoms with Gasteiger partial charge in [0, 0.05) is 22.8 Å². The average molecular weight is 534 g/mol. The summed E-state index contributed by atoms with van der Waals surface area (Å²) in [6.45, 7) is 3.91. The Morgan fingerprint density at radius 3 is 2.54 bits per heavy atom. The Labute approximate surface area is 211 Å². The highest BCUT2D eigenvalue weighted by molar-refractivity contribution is 7.92. The van der Waals surface area contributed by atoms with Crippen LogP contribution in [0.25, 0.3) is 11.0 Å². The molecule has 0 saturated carbocycles. The molecule has 12 heteroatoms. The number of anilines is 2. The van der Waals surface area contributed by atoms with Crippen LogP contribution in [0.3, 0.4) is 0 Å². The van der Waals surface area contributed by atoms with Crippen molar-refractivity contribution >= 4 is 61.5 Å². The molecule has 182 valence electrons. The molecule has 2 aromatic carbocycles. The molecular formula is C23H21Cl2N5O4S. The third-order valence-electron chi connectivity index (χ3n) is 5.33. The van der Waals surface area contributed by atoms with Gasteiger partial charge in [-0.3, -0.25) is 9.52 Å². The van der Waals surface area contributed by atoms with Crippen molar-refractivity contribution in [1.29, 1.82) is 0 Å². The number of halogens is 2. The van der Waals surface area contributed by atoms with E-state index in [0.29, 0.717) is 21.6 Å². The molecule has 4 aromatic rings. The Hall–Kier alpha value is -3.34. The second kappa shape index (κ2) is 9.37. The lowest BCUT2D eigenvalue weighted by molar-refractivity contribution is 0.104. The maximum absolute atomic E-state index is 13.5. The highest BCUT2D eigenvalue weighted by atomic mass is 35.5. The maximum atomic E-state index is 13.5. The first kappa shape index (κ1) is 24.8. The van der Waals surface area contributed by atoms with Gasteiger partial charge in [-0.2, -0.15) is 0 Å². The Bertz CT molecular complexity index is 1570. The number of sulfonamides is 1. The van der Waals surface area contributed by atoms with Gasteiger partial charge in [0.15, 0.2) is 5.78 Å². The molecule has 3 N–H and O–H groups in total. The van der Waals surface area contributed by atoms with Gasteiger partial charge in [-0.05, 0) is 50.2 Å². The predicted molar refractivity (Wildman–Crippen MR) is 136 cm³/mol. The Kier molecular flexibility index (Phi) is 6.63. The normalized spacial score (nSPS) is 11.7. The number of aromatic nitrogens is 3. The first-order valence-corrected chi connectivity index (χ1v) is 12.6. The Balaban J connectivity index is 1.79. The number of hydrogen-bond donors (Lipinski definition) is 2. The van der Waals surface area contributed by atoms with Crippen molar-refractivity contribution in [3.8, 4) is 5.75 Å². The summed E-state index contributed by atoms with van der Waals surface area (Å²) in [5.41, 5.74) is 7.17. The molecule has 0 aliphatic rings. The lowest BCUT2D eigenvalue weighted by atomic mass is 10.0. The topological polar surface area (TPSA) is 129 Å². The molecule has 0 bridgehead atoms. The predicted octanol–water partition coefficient (Wildman–Crippen LogP) is 4.94. The van der Waals surface area contributed by atoms with Gasteiger partial charge < -0.3 is 15.0 Å². The van der Waals surface area contributed by atoms with E-state index in [9.17, 15) is 13.2 Å². The third kappa shape index (κ3) is 4.64. The number of benzene rings is 2. The molecule has 2 heterocycles. The number of nitrogen functional groups attached to an aromatic ring is 1. The Morgan fingerprint density at radius 1 is 1.14 bits per heavy atom. The number of hydrogen-bond acceptors (Lipinski definition) is 7. The smallest absolute Gasteiger partial charge is 0.263 e. The molecule has 35 heavy (non-hydrogen) atoms. The van der Waals surface area contributed by atoms with Crippen LogP contribution in [0, 0.1) is 0 Å². The SMILES string of the molecule is COc1ccc(C(=O)c2cn(C(C)C)c3ncnc(N)c23)cc1NS(=O)(=O)c1ccc(Cl)cc1Cl. The molecule has 0 aliphatic carbocycles. The molecule has 0 saturated heterocycles. The molecular weight excluding hydrogens is 513 g/mol. The quantitative estimate of drug-likeness (QED) is 0.321. The van der Waals surface area contributed by atoms with E-state index in [1.807, 2.05) is 18.4 Å². The van der Waals surface area contributed by atoms with E-state index in [0.717, 1.165) is 0 Å². The van der Waals surface area contributed by atoms with Gasteiger partial charge >= 0.3 is 0 Å². The molecule has 9 nitrogen and oxygen atoms in total. The number of ether oxygens (including phenoxy) is 1. The highest BCUT2D eigenvalue weighted by Gasteiger charge is 2.24. The van der Waals surface area contributed by atoms with Crippen LogP contribution in [0.2, 0.25) is 10.0 Å². The summed E-state index contributed by atoms with van der Waals surface area (Å²) in [7, 11) is -2.74. The highest BCUT2D eigenvalue weighted by Crippen LogP contribution is 2.33. The van der Waals surface area contributed by atoms with Crippen LogP contribution in [0.15, 0.2) is 53.8 Å². The standard InChI is InChI=1S/C23H21Cl2N5O4S/c1-12(2)30-10-15(20-22(26)27-11-28-23(20)30)21(31)13-4-6-18(34-3)17(8-13)29-35(32,33)19-7-5-14(24)9-16(19)25/h4-12,29H,1-3H3,(H2,26,27,28). The first-order valence-electron chi connectivity index (χ1n) is 10.3. The minimum atomic E-state index is -4.12. The van der Waals surface area contributed by atoms with E-state index < -0.39 is 10.0 Å². The van der Waals surface area contributed by atoms with E-state index in [-0.39, 0.29) is 44.6 Å². The van der Waals surface area contributed by atoms with Crippen molar-refractivity contribution in [3.05, 3.63) is 70.1 Å². The van der Waals surface area contributed by atoms with Crippen LogP contribution < -0.4 is 15.2 Å². The Morgan fingerprint density at radius 2 is 1.89 bits per heavy atom. The summed E-state index contributed by atoms with van der Waals surface area (Å²) in [5, 5.41) is 0.674. The second-order valence-electron chi connectivity index (χ2n) is 7.93. The van der Waals surface area contributed by atoms with E-state index in [2.05, 4.69) is 14.7 Å². The summed E-state index contributed by atoms with van der Waals surface area (Å²) < 4.78 is 35.7. The van der Waals surface area contributed by atoms with E-state index >= 15 is 0 Å². The molecule has 0 spiro atoms. The summed E-state index contributed by atoms with van der Waals surface area (Å²) in [6, 6.07) is 8.46. The van der Waals surface area contributed by atoms with E-state index in [4.69, 9.17) is 33.7 Å². The minimum Gasteiger partial charge on any atom is -0.495 e. The lowest BCUT2D eigenvalue weighted by Crippen LogP contribution is -2.15. The fourth-order valence-corrected chi connectivity index (χ4v) is 5.49. The third-order valence-corrected chi connectivity index (χ3v) is 7.41. The average Bonchev–Trinajstić information content (AvgIpc) is 3.19. The fraction of sp³-hybridized carbons (Fsp3) is 0.174. The van der Waals surface area contributed by atoms with Gasteiger partial charge in [0.2, 0.25) is 0 Å². The van der Waals surface area contributed by atoms with Crippen molar-refractivity contribution in [2.45, 2.75) is 24.8 Å². The summed E-state index contributed by atoms with van der Waals surface area (Å²) in [6.07, 6.45) is 3.01. The molecule has 0 atom stereocenters. The van der Waals surface area contributed by atoms with Gasteiger partial charge in [-0.25, -0.2) is 18.4 Å². The molecule has 0 fully saturated rings. The molecule has 0 radical (unpaired) electrons. The number of carbonyl (C=O) groups excluding carboxylic acids is 1. The van der Waals surface area contributed by atoms with E-state index in [1.54, 1.807) is 6.20 Å². The largest absolute Gasteiger partial charge is 0.495 e. The summed E-state index contributed by atoms with van der Waals surface area (Å²) >= 11 is 12.0. The van der Waals surface area contributed by atoms with Crippen molar-refractivity contribution in [3.63, 3.8) is 0 Å². The number of nitrogens with two attached hydrogens (primary N) is 1. The molecule has 0 aliphatic heterocycles. The van der Waals surface area contributed by atoms with Crippen molar-refractivity contribution in [1.82, 2.24) is 14.5 Å². The number of carbonyl (C=O) groups is 1. The van der Waals surface area contributed by atoms with Gasteiger partial charge in [-0.1, -0.05) is 23.2 Å². The van der Waals surface area contributed by atoms with Crippen LogP contribution >= 0.6 is 23.2 Å². The van der Waals surface area contributed by atoms with Crippen LogP contribution in [0.5, 0.6) is 5.75 Å². The number of rotatable bonds is 7. The molecule has 0 amide bonds. The number of nitrogens with zero attached hydrogens (tertiary/aromatic N) is 3. The zero-order chi connectivity index (χ0) is 25.5. The second-order valence-corrected chi connectivity index (χ2v) is 10.4. The number of methoxy groups -OCH3 is 1. The van der Waals surface area contributed by atoms with Crippen molar-refractivity contribution in [2.75, 3.05) is 17.6 Å². The monoisotopic (exact) mass is 533 g/mol. The van der Waals surface area contributed by atoms with Crippen LogP contribution in [0.4, 0.5) is 11.5 Å². The summed E-state index contributed by atoms with van der Waals surface area (Å²) in [4.78, 5) is 21.7. The fourth-order valence-electron chi connectivity index (χ4n) is 3.65.